The molecule has 1 heterocycles. The van der Waals surface area contributed by atoms with Crippen LogP contribution >= 0.6 is 11.6 Å². The Bertz CT molecular complexity index is 659. The van der Waals surface area contributed by atoms with Crippen LogP contribution in [0.25, 0.3) is 0 Å². The zero-order valence-corrected chi connectivity index (χ0v) is 15.6. The van der Waals surface area contributed by atoms with Gasteiger partial charge in [0.2, 0.25) is 0 Å². The van der Waals surface area contributed by atoms with Gasteiger partial charge in [-0.1, -0.05) is 48.9 Å². The van der Waals surface area contributed by atoms with Crippen molar-refractivity contribution < 1.29 is 4.74 Å². The van der Waals surface area contributed by atoms with Crippen LogP contribution < -0.4 is 10.1 Å². The standard InChI is InChI=1S/C21H27ClN2O/c1-2-24-13-5-7-20(24)15-23-14-18-6-3-4-8-21(18)25-16-17-9-11-19(22)12-10-17/h3-4,6,8-12,20,23H,2,5,7,13-16H2,1H3. The second kappa shape index (κ2) is 9.23. The van der Waals surface area contributed by atoms with Crippen molar-refractivity contribution in [2.75, 3.05) is 19.6 Å². The van der Waals surface area contributed by atoms with Crippen molar-refractivity contribution in [3.63, 3.8) is 0 Å². The van der Waals surface area contributed by atoms with Gasteiger partial charge in [-0.15, -0.1) is 0 Å². The number of likely N-dealkylation sites (N-methyl/N-ethyl adjacent to an activating group) is 1. The number of benzene rings is 2. The van der Waals surface area contributed by atoms with Crippen LogP contribution in [-0.2, 0) is 13.2 Å². The molecule has 0 bridgehead atoms. The lowest BCUT2D eigenvalue weighted by molar-refractivity contribution is 0.259. The number of likely N-dealkylation sites (tertiary alicyclic amines) is 1. The summed E-state index contributed by atoms with van der Waals surface area (Å²) < 4.78 is 6.03. The largest absolute Gasteiger partial charge is 0.489 e. The highest BCUT2D eigenvalue weighted by Gasteiger charge is 2.22. The van der Waals surface area contributed by atoms with E-state index < -0.39 is 0 Å². The molecule has 25 heavy (non-hydrogen) atoms. The summed E-state index contributed by atoms with van der Waals surface area (Å²) in [6, 6.07) is 16.7. The smallest absolute Gasteiger partial charge is 0.124 e. The van der Waals surface area contributed by atoms with Crippen LogP contribution in [0.5, 0.6) is 5.75 Å². The van der Waals surface area contributed by atoms with E-state index in [1.165, 1.54) is 24.9 Å². The second-order valence-electron chi connectivity index (χ2n) is 6.58. The number of para-hydroxylation sites is 1. The molecule has 0 radical (unpaired) electrons. The Morgan fingerprint density at radius 2 is 1.96 bits per heavy atom. The van der Waals surface area contributed by atoms with Crippen molar-refractivity contribution in [2.24, 2.45) is 0 Å². The van der Waals surface area contributed by atoms with Crippen LogP contribution in [0.15, 0.2) is 48.5 Å². The number of hydrogen-bond acceptors (Lipinski definition) is 3. The zero-order chi connectivity index (χ0) is 17.5. The average Bonchev–Trinajstić information content (AvgIpc) is 3.10. The third kappa shape index (κ3) is 5.21. The summed E-state index contributed by atoms with van der Waals surface area (Å²) >= 11 is 5.93. The van der Waals surface area contributed by atoms with E-state index >= 15 is 0 Å². The minimum atomic E-state index is 0.556. The second-order valence-corrected chi connectivity index (χ2v) is 7.01. The molecule has 1 aliphatic rings. The van der Waals surface area contributed by atoms with Gasteiger partial charge < -0.3 is 10.1 Å². The molecule has 0 saturated carbocycles. The minimum absolute atomic E-state index is 0.556. The molecule has 1 saturated heterocycles. The lowest BCUT2D eigenvalue weighted by Crippen LogP contribution is -2.37. The van der Waals surface area contributed by atoms with E-state index in [9.17, 15) is 0 Å². The maximum atomic E-state index is 6.03. The molecule has 1 fully saturated rings. The summed E-state index contributed by atoms with van der Waals surface area (Å²) in [7, 11) is 0. The van der Waals surface area contributed by atoms with E-state index in [-0.39, 0.29) is 0 Å². The van der Waals surface area contributed by atoms with Gasteiger partial charge >= 0.3 is 0 Å². The third-order valence-electron chi connectivity index (χ3n) is 4.88. The molecule has 3 rings (SSSR count). The maximum absolute atomic E-state index is 6.03. The Balaban J connectivity index is 1.52. The highest BCUT2D eigenvalue weighted by Crippen LogP contribution is 2.21. The van der Waals surface area contributed by atoms with Gasteiger partial charge in [-0.05, 0) is 49.7 Å². The van der Waals surface area contributed by atoms with Crippen LogP contribution in [0, 0.1) is 0 Å². The quantitative estimate of drug-likeness (QED) is 0.752. The first-order chi connectivity index (χ1) is 12.3. The first-order valence-electron chi connectivity index (χ1n) is 9.16. The monoisotopic (exact) mass is 358 g/mol. The van der Waals surface area contributed by atoms with Gasteiger partial charge in [0.1, 0.15) is 12.4 Å². The summed E-state index contributed by atoms with van der Waals surface area (Å²) in [4.78, 5) is 2.57. The Hall–Kier alpha value is -1.55. The Morgan fingerprint density at radius 1 is 1.16 bits per heavy atom. The normalized spacial score (nSPS) is 17.8. The summed E-state index contributed by atoms with van der Waals surface area (Å²) in [5.74, 6) is 0.948. The molecule has 2 aromatic rings. The van der Waals surface area contributed by atoms with Crippen molar-refractivity contribution in [1.29, 1.82) is 0 Å². The van der Waals surface area contributed by atoms with Crippen LogP contribution in [-0.4, -0.2) is 30.6 Å². The van der Waals surface area contributed by atoms with Crippen LogP contribution in [0.3, 0.4) is 0 Å². The fourth-order valence-corrected chi connectivity index (χ4v) is 3.57. The highest BCUT2D eigenvalue weighted by atomic mass is 35.5. The van der Waals surface area contributed by atoms with Crippen LogP contribution in [0.4, 0.5) is 0 Å². The molecule has 134 valence electrons. The summed E-state index contributed by atoms with van der Waals surface area (Å²) in [6.07, 6.45) is 2.62. The molecule has 0 aliphatic carbocycles. The highest BCUT2D eigenvalue weighted by molar-refractivity contribution is 6.30. The SMILES string of the molecule is CCN1CCCC1CNCc1ccccc1OCc1ccc(Cl)cc1. The third-order valence-corrected chi connectivity index (χ3v) is 5.13. The Morgan fingerprint density at radius 3 is 2.76 bits per heavy atom. The average molecular weight is 359 g/mol. The number of nitrogens with zero attached hydrogens (tertiary/aromatic N) is 1. The zero-order valence-electron chi connectivity index (χ0n) is 14.9. The molecule has 0 amide bonds. The van der Waals surface area contributed by atoms with Crippen molar-refractivity contribution >= 4 is 11.6 Å². The number of nitrogens with one attached hydrogen (secondary N) is 1. The van der Waals surface area contributed by atoms with Gasteiger partial charge in [0, 0.05) is 29.7 Å². The van der Waals surface area contributed by atoms with Crippen molar-refractivity contribution in [3.8, 4) is 5.75 Å². The van der Waals surface area contributed by atoms with E-state index in [0.29, 0.717) is 12.6 Å². The number of halogens is 1. The molecular formula is C21H27ClN2O. The predicted molar refractivity (Wildman–Crippen MR) is 104 cm³/mol. The molecule has 1 atom stereocenters. The molecule has 3 nitrogen and oxygen atoms in total. The summed E-state index contributed by atoms with van der Waals surface area (Å²) in [5.41, 5.74) is 2.33. The summed E-state index contributed by atoms with van der Waals surface area (Å²) in [5, 5.41) is 4.37. The predicted octanol–water partition coefficient (Wildman–Crippen LogP) is 4.49. The van der Waals surface area contributed by atoms with Gasteiger partial charge in [-0.25, -0.2) is 0 Å². The van der Waals surface area contributed by atoms with Gasteiger partial charge in [-0.2, -0.15) is 0 Å². The van der Waals surface area contributed by atoms with E-state index in [1.807, 2.05) is 36.4 Å². The lowest BCUT2D eigenvalue weighted by atomic mass is 10.1. The first kappa shape index (κ1) is 18.2. The number of ether oxygens (including phenoxy) is 1. The van der Waals surface area contributed by atoms with Crippen molar-refractivity contribution in [3.05, 3.63) is 64.7 Å². The molecule has 0 aromatic heterocycles. The lowest BCUT2D eigenvalue weighted by Gasteiger charge is -2.23. The van der Waals surface area contributed by atoms with Gasteiger partial charge in [-0.3, -0.25) is 4.90 Å². The number of hydrogen-bond donors (Lipinski definition) is 1. The topological polar surface area (TPSA) is 24.5 Å². The first-order valence-corrected chi connectivity index (χ1v) is 9.54. The fraction of sp³-hybridized carbons (Fsp3) is 0.429. The molecule has 4 heteroatoms. The minimum Gasteiger partial charge on any atom is -0.489 e. The number of rotatable bonds is 8. The van der Waals surface area contributed by atoms with Gasteiger partial charge in [0.25, 0.3) is 0 Å². The van der Waals surface area contributed by atoms with Gasteiger partial charge in [0.15, 0.2) is 0 Å². The van der Waals surface area contributed by atoms with Crippen LogP contribution in [0.1, 0.15) is 30.9 Å². The molecule has 2 aromatic carbocycles. The molecule has 1 unspecified atom stereocenters. The van der Waals surface area contributed by atoms with E-state index in [4.69, 9.17) is 16.3 Å². The van der Waals surface area contributed by atoms with E-state index in [2.05, 4.69) is 29.3 Å². The van der Waals surface area contributed by atoms with E-state index in [0.717, 1.165) is 36.0 Å². The van der Waals surface area contributed by atoms with E-state index in [1.54, 1.807) is 0 Å². The molecular weight excluding hydrogens is 332 g/mol. The Kier molecular flexibility index (Phi) is 6.74. The maximum Gasteiger partial charge on any atom is 0.124 e. The van der Waals surface area contributed by atoms with Crippen molar-refractivity contribution in [1.82, 2.24) is 10.2 Å². The fourth-order valence-electron chi connectivity index (χ4n) is 3.45. The van der Waals surface area contributed by atoms with Crippen LogP contribution in [0.2, 0.25) is 5.02 Å². The molecule has 1 N–H and O–H groups in total. The molecule has 1 aliphatic heterocycles. The molecule has 0 spiro atoms. The van der Waals surface area contributed by atoms with Crippen molar-refractivity contribution in [2.45, 2.75) is 39.0 Å². The summed E-state index contributed by atoms with van der Waals surface area (Å²) in [6.45, 7) is 7.07. The Labute approximate surface area is 155 Å². The van der Waals surface area contributed by atoms with Gasteiger partial charge in [0.05, 0.1) is 0 Å².